The lowest BCUT2D eigenvalue weighted by atomic mass is 10.9. The van der Waals surface area contributed by atoms with Crippen LogP contribution in [-0.4, -0.2) is 23.3 Å². The molecule has 0 bridgehead atoms. The minimum atomic E-state index is -0.841. The molecule has 0 saturated heterocycles. The Morgan fingerprint density at radius 2 is 1.00 bits per heavy atom. The average Bonchev–Trinajstić information content (AvgIpc) is 1.79. The third-order valence-corrected chi connectivity index (χ3v) is 24.3. The van der Waals surface area contributed by atoms with Gasteiger partial charge in [-0.05, 0) is 0 Å². The van der Waals surface area contributed by atoms with Gasteiger partial charge in [0.05, 0.1) is 0 Å². The van der Waals surface area contributed by atoms with Gasteiger partial charge >= 0.3 is 0 Å². The summed E-state index contributed by atoms with van der Waals surface area (Å²) in [6.45, 7) is 20.4. The molecule has 3 heteroatoms. The van der Waals surface area contributed by atoms with Crippen molar-refractivity contribution < 1.29 is 0 Å². The molecule has 0 aromatic carbocycles. The lowest BCUT2D eigenvalue weighted by Gasteiger charge is -2.37. The van der Waals surface area contributed by atoms with E-state index in [2.05, 4.69) is 52.4 Å². The quantitative estimate of drug-likeness (QED) is 0.628. The second kappa shape index (κ2) is 4.03. The molecule has 0 aliphatic heterocycles. The van der Waals surface area contributed by atoms with Crippen molar-refractivity contribution in [2.45, 2.75) is 64.5 Å². The molecule has 0 nitrogen and oxygen atoms in total. The Labute approximate surface area is 88.0 Å². The molecule has 0 aromatic heterocycles. The van der Waals surface area contributed by atoms with E-state index in [4.69, 9.17) is 0 Å². The van der Waals surface area contributed by atoms with Gasteiger partial charge in [0.15, 0.2) is 0 Å². The molecule has 0 aliphatic rings. The molecule has 0 aliphatic carbocycles. The summed E-state index contributed by atoms with van der Waals surface area (Å²) in [4.78, 5) is 0. The first kappa shape index (κ1) is 13.7. The predicted molar refractivity (Wildman–Crippen MR) is 73.8 cm³/mol. The van der Waals surface area contributed by atoms with E-state index in [0.717, 1.165) is 0 Å². The Bertz CT molecular complexity index is 160. The molecule has 0 radical (unpaired) electrons. The van der Waals surface area contributed by atoms with Crippen LogP contribution in [0.5, 0.6) is 0 Å². The monoisotopic (exact) mass is 232 g/mol. The van der Waals surface area contributed by atoms with Gasteiger partial charge in [0.2, 0.25) is 0 Å². The first-order chi connectivity index (χ1) is 5.46. The fourth-order valence-corrected chi connectivity index (χ4v) is 10.7. The van der Waals surface area contributed by atoms with E-state index in [1.165, 1.54) is 0 Å². The van der Waals surface area contributed by atoms with Crippen molar-refractivity contribution in [1.29, 1.82) is 0 Å². The van der Waals surface area contributed by atoms with Crippen molar-refractivity contribution in [2.24, 2.45) is 0 Å². The fraction of sp³-hybridized carbons (Fsp3) is 1.00. The molecule has 0 unspecified atom stereocenters. The van der Waals surface area contributed by atoms with Crippen molar-refractivity contribution in [2.75, 3.05) is 0 Å². The zero-order chi connectivity index (χ0) is 10.9. The van der Waals surface area contributed by atoms with Gasteiger partial charge in [-0.1, -0.05) is 64.5 Å². The lowest BCUT2D eigenvalue weighted by Crippen LogP contribution is -2.52. The Balaban J connectivity index is 4.21. The highest BCUT2D eigenvalue weighted by atomic mass is 29.3. The molecule has 0 saturated carbocycles. The van der Waals surface area contributed by atoms with Gasteiger partial charge in [0.25, 0.3) is 0 Å². The van der Waals surface area contributed by atoms with Crippen molar-refractivity contribution in [1.82, 2.24) is 0 Å². The van der Waals surface area contributed by atoms with E-state index in [1.807, 2.05) is 0 Å². The molecule has 13 heavy (non-hydrogen) atoms. The van der Waals surface area contributed by atoms with Crippen LogP contribution < -0.4 is 0 Å². The first-order valence-corrected chi connectivity index (χ1v) is 16.9. The Kier molecular flexibility index (Phi) is 4.23. The normalized spacial score (nSPS) is 14.8. The molecular formula is C10H28Si3. The molecule has 0 rings (SSSR count). The summed E-state index contributed by atoms with van der Waals surface area (Å²) in [6.07, 6.45) is 0. The molecule has 0 atom stereocenters. The van der Waals surface area contributed by atoms with Crippen LogP contribution in [0.3, 0.4) is 0 Å². The van der Waals surface area contributed by atoms with Gasteiger partial charge in [0.1, 0.15) is 0 Å². The highest BCUT2D eigenvalue weighted by molar-refractivity contribution is 7.40. The lowest BCUT2D eigenvalue weighted by molar-refractivity contribution is 1.29. The van der Waals surface area contributed by atoms with E-state index in [9.17, 15) is 0 Å². The number of hydrogen-bond acceptors (Lipinski definition) is 0. The zero-order valence-corrected chi connectivity index (χ0v) is 13.9. The van der Waals surface area contributed by atoms with Crippen LogP contribution in [0.4, 0.5) is 0 Å². The second-order valence-corrected chi connectivity index (χ2v) is 30.1. The molecule has 0 aromatic rings. The summed E-state index contributed by atoms with van der Waals surface area (Å²) in [5, 5.41) is 0. The largest absolute Gasteiger partial charge is 0.0715 e. The Morgan fingerprint density at radius 3 is 1.23 bits per heavy atom. The second-order valence-electron chi connectivity index (χ2n) is 7.19. The molecular weight excluding hydrogens is 204 g/mol. The van der Waals surface area contributed by atoms with Crippen LogP contribution in [0, 0.1) is 0 Å². The standard InChI is InChI=1S/C10H28Si3/c1-11(2,3)9-10-13(7,8)12(4,5)6/h9-10H2,1-8H3. The SMILES string of the molecule is C[Si](C)(C)CC[Si](C)(C)[Si](C)(C)C. The van der Waals surface area contributed by atoms with Gasteiger partial charge < -0.3 is 0 Å². The molecule has 0 fully saturated rings. The minimum Gasteiger partial charge on any atom is -0.0715 e. The highest BCUT2D eigenvalue weighted by Crippen LogP contribution is 2.27. The average molecular weight is 233 g/mol. The summed E-state index contributed by atoms with van der Waals surface area (Å²) in [5.74, 6) is 0. The Morgan fingerprint density at radius 1 is 0.615 bits per heavy atom. The third-order valence-electron chi connectivity index (χ3n) is 3.53. The van der Waals surface area contributed by atoms with Crippen LogP contribution in [-0.2, 0) is 0 Å². The van der Waals surface area contributed by atoms with Crippen molar-refractivity contribution >= 4 is 23.3 Å². The zero-order valence-electron chi connectivity index (χ0n) is 10.9. The first-order valence-electron chi connectivity index (χ1n) is 5.46. The number of hydrogen-bond donors (Lipinski definition) is 0. The summed E-state index contributed by atoms with van der Waals surface area (Å²) >= 11 is 0. The smallest absolute Gasteiger partial charge is 0.0439 e. The van der Waals surface area contributed by atoms with Crippen molar-refractivity contribution in [3.8, 4) is 0 Å². The van der Waals surface area contributed by atoms with Gasteiger partial charge in [-0.15, -0.1) is 0 Å². The van der Waals surface area contributed by atoms with Gasteiger partial charge in [-0.25, -0.2) is 0 Å². The minimum absolute atomic E-state index is 0.789. The van der Waals surface area contributed by atoms with Crippen LogP contribution in [0.1, 0.15) is 0 Å². The summed E-state index contributed by atoms with van der Waals surface area (Å²) in [6, 6.07) is 3.13. The summed E-state index contributed by atoms with van der Waals surface area (Å²) in [5.41, 5.74) is 0. The van der Waals surface area contributed by atoms with E-state index < -0.39 is 23.3 Å². The summed E-state index contributed by atoms with van der Waals surface area (Å²) < 4.78 is 0. The maximum absolute atomic E-state index is 2.61. The van der Waals surface area contributed by atoms with Crippen molar-refractivity contribution in [3.05, 3.63) is 0 Å². The van der Waals surface area contributed by atoms with Gasteiger partial charge in [-0.3, -0.25) is 0 Å². The topological polar surface area (TPSA) is 0 Å². The molecule has 0 heterocycles. The van der Waals surface area contributed by atoms with Crippen LogP contribution in [0.2, 0.25) is 64.5 Å². The Hall–Kier alpha value is 0.651. The fourth-order valence-electron chi connectivity index (χ4n) is 1.06. The molecule has 80 valence electrons. The maximum Gasteiger partial charge on any atom is 0.0439 e. The van der Waals surface area contributed by atoms with Gasteiger partial charge in [0, 0.05) is 23.3 Å². The highest BCUT2D eigenvalue weighted by Gasteiger charge is 2.36. The van der Waals surface area contributed by atoms with E-state index in [0.29, 0.717) is 0 Å². The predicted octanol–water partition coefficient (Wildman–Crippen LogP) is 4.45. The van der Waals surface area contributed by atoms with Gasteiger partial charge in [-0.2, -0.15) is 0 Å². The number of rotatable bonds is 4. The van der Waals surface area contributed by atoms with Crippen LogP contribution in [0.15, 0.2) is 0 Å². The van der Waals surface area contributed by atoms with Crippen LogP contribution in [0.25, 0.3) is 0 Å². The van der Waals surface area contributed by atoms with Crippen molar-refractivity contribution in [3.63, 3.8) is 0 Å². The molecule has 0 spiro atoms. The summed E-state index contributed by atoms with van der Waals surface area (Å²) in [7, 11) is -2.45. The van der Waals surface area contributed by atoms with E-state index in [1.54, 1.807) is 12.1 Å². The molecule has 0 N–H and O–H groups in total. The molecule has 0 amide bonds. The maximum atomic E-state index is 2.61. The third kappa shape index (κ3) is 5.18. The van der Waals surface area contributed by atoms with E-state index >= 15 is 0 Å². The van der Waals surface area contributed by atoms with Crippen LogP contribution >= 0.6 is 0 Å². The van der Waals surface area contributed by atoms with E-state index in [-0.39, 0.29) is 0 Å².